The summed E-state index contributed by atoms with van der Waals surface area (Å²) in [6, 6.07) is 15.6. The maximum atomic E-state index is 12.9. The van der Waals surface area contributed by atoms with Crippen LogP contribution in [0.4, 0.5) is 24.0 Å². The van der Waals surface area contributed by atoms with Crippen molar-refractivity contribution in [1.82, 2.24) is 10.4 Å². The molecule has 0 saturated heterocycles. The van der Waals surface area contributed by atoms with E-state index in [1.807, 2.05) is 24.3 Å². The number of ether oxygens (including phenoxy) is 1. The number of amides is 1. The summed E-state index contributed by atoms with van der Waals surface area (Å²) in [4.78, 5) is 16.5. The lowest BCUT2D eigenvalue weighted by atomic mass is 10.2. The first kappa shape index (κ1) is 28.9. The monoisotopic (exact) mass is 656 g/mol. The summed E-state index contributed by atoms with van der Waals surface area (Å²) in [5.41, 5.74) is 3.78. The summed E-state index contributed by atoms with van der Waals surface area (Å²) in [5.74, 6) is -0.102. The number of carbonyl (C=O) groups excluding carboxylic acids is 1. The van der Waals surface area contributed by atoms with Gasteiger partial charge in [-0.15, -0.1) is 11.3 Å². The molecule has 13 heteroatoms. The Labute approximate surface area is 243 Å². The molecule has 0 aliphatic heterocycles. The fourth-order valence-corrected chi connectivity index (χ4v) is 4.86. The number of benzene rings is 3. The van der Waals surface area contributed by atoms with E-state index in [-0.39, 0.29) is 28.8 Å². The number of aromatic nitrogens is 1. The van der Waals surface area contributed by atoms with E-state index in [0.29, 0.717) is 22.1 Å². The molecule has 3 aromatic carbocycles. The average Bonchev–Trinajstić information content (AvgIpc) is 3.30. The van der Waals surface area contributed by atoms with Crippen molar-refractivity contribution in [3.8, 4) is 5.75 Å². The van der Waals surface area contributed by atoms with Gasteiger partial charge in [-0.2, -0.15) is 18.3 Å². The predicted molar refractivity (Wildman–Crippen MR) is 151 cm³/mol. The van der Waals surface area contributed by atoms with E-state index in [9.17, 15) is 18.0 Å². The molecule has 0 saturated carbocycles. The minimum absolute atomic E-state index is 0.0809. The maximum absolute atomic E-state index is 12.9. The molecule has 4 aromatic rings. The second kappa shape index (κ2) is 12.8. The topological polar surface area (TPSA) is 75.6 Å². The molecule has 4 rings (SSSR count). The SMILES string of the molecule is O=C(Cc1csc(Nc2cccc(C(F)(F)F)c2)n1)N/N=C\c1cc(Cl)c(OCc2ccc(Br)cc2)c(Cl)c1. The van der Waals surface area contributed by atoms with Gasteiger partial charge in [-0.25, -0.2) is 10.4 Å². The number of halogens is 6. The number of nitrogens with one attached hydrogen (secondary N) is 2. The Morgan fingerprint density at radius 2 is 1.82 bits per heavy atom. The Morgan fingerprint density at radius 3 is 2.51 bits per heavy atom. The van der Waals surface area contributed by atoms with Gasteiger partial charge in [-0.1, -0.05) is 57.3 Å². The summed E-state index contributed by atoms with van der Waals surface area (Å²) in [6.45, 7) is 0.282. The van der Waals surface area contributed by atoms with Gasteiger partial charge >= 0.3 is 6.18 Å². The minimum atomic E-state index is -4.45. The highest BCUT2D eigenvalue weighted by Crippen LogP contribution is 2.35. The molecule has 0 bridgehead atoms. The molecule has 39 heavy (non-hydrogen) atoms. The van der Waals surface area contributed by atoms with Crippen LogP contribution in [-0.4, -0.2) is 17.1 Å². The smallest absolute Gasteiger partial charge is 0.416 e. The van der Waals surface area contributed by atoms with Crippen LogP contribution in [0.1, 0.15) is 22.4 Å². The van der Waals surface area contributed by atoms with Gasteiger partial charge in [0.05, 0.1) is 33.9 Å². The van der Waals surface area contributed by atoms with Gasteiger partial charge in [0.25, 0.3) is 0 Å². The number of hydrazone groups is 1. The fourth-order valence-electron chi connectivity index (χ4n) is 3.25. The predicted octanol–water partition coefficient (Wildman–Crippen LogP) is 8.25. The highest BCUT2D eigenvalue weighted by atomic mass is 79.9. The second-order valence-electron chi connectivity index (χ2n) is 8.05. The van der Waals surface area contributed by atoms with E-state index in [2.05, 4.69) is 36.8 Å². The fraction of sp³-hybridized carbons (Fsp3) is 0.115. The molecule has 0 atom stereocenters. The summed E-state index contributed by atoms with van der Waals surface area (Å²) in [5, 5.41) is 9.30. The molecule has 0 aliphatic rings. The molecule has 1 heterocycles. The van der Waals surface area contributed by atoms with Crippen LogP contribution in [0.25, 0.3) is 0 Å². The molecule has 2 N–H and O–H groups in total. The summed E-state index contributed by atoms with van der Waals surface area (Å²) in [7, 11) is 0. The van der Waals surface area contributed by atoms with Gasteiger partial charge in [0, 0.05) is 15.5 Å². The summed E-state index contributed by atoms with van der Waals surface area (Å²) in [6.07, 6.45) is -3.14. The summed E-state index contributed by atoms with van der Waals surface area (Å²) >= 11 is 17.2. The molecule has 0 fully saturated rings. The van der Waals surface area contributed by atoms with Crippen LogP contribution in [0.3, 0.4) is 0 Å². The number of hydrogen-bond acceptors (Lipinski definition) is 6. The van der Waals surface area contributed by atoms with Gasteiger partial charge in [0.2, 0.25) is 5.91 Å². The third-order valence-corrected chi connectivity index (χ3v) is 6.95. The number of thiazole rings is 1. The van der Waals surface area contributed by atoms with E-state index in [1.165, 1.54) is 18.3 Å². The molecule has 0 radical (unpaired) electrons. The lowest BCUT2D eigenvalue weighted by Gasteiger charge is -2.11. The van der Waals surface area contributed by atoms with Crippen LogP contribution in [-0.2, 0) is 24.0 Å². The number of carbonyl (C=O) groups is 1. The number of alkyl halides is 3. The standard InChI is InChI=1S/C26H18BrCl2F3N4O2S/c27-18-6-4-15(5-7-18)13-38-24-21(28)8-16(9-22(24)29)12-33-36-23(37)11-20-14-39-25(35-20)34-19-3-1-2-17(10-19)26(30,31)32/h1-10,12,14H,11,13H2,(H,34,35)(H,36,37)/b33-12-. The zero-order valence-electron chi connectivity index (χ0n) is 19.7. The van der Waals surface area contributed by atoms with Crippen LogP contribution in [0.5, 0.6) is 5.75 Å². The maximum Gasteiger partial charge on any atom is 0.416 e. The average molecular weight is 658 g/mol. The molecular formula is C26H18BrCl2F3N4O2S. The third kappa shape index (κ3) is 8.43. The molecule has 0 unspecified atom stereocenters. The first-order chi connectivity index (χ1) is 18.6. The largest absolute Gasteiger partial charge is 0.486 e. The Bertz CT molecular complexity index is 1470. The molecule has 6 nitrogen and oxygen atoms in total. The quantitative estimate of drug-likeness (QED) is 0.140. The van der Waals surface area contributed by atoms with Crippen molar-refractivity contribution < 1.29 is 22.7 Å². The van der Waals surface area contributed by atoms with Gasteiger partial charge in [-0.3, -0.25) is 4.79 Å². The Morgan fingerprint density at radius 1 is 1.10 bits per heavy atom. The zero-order chi connectivity index (χ0) is 28.0. The molecule has 0 spiro atoms. The van der Waals surface area contributed by atoms with Crippen molar-refractivity contribution in [1.29, 1.82) is 0 Å². The molecule has 202 valence electrons. The Kier molecular flexibility index (Phi) is 9.49. The van der Waals surface area contributed by atoms with Crippen LogP contribution in [0.15, 0.2) is 75.6 Å². The van der Waals surface area contributed by atoms with Crippen LogP contribution < -0.4 is 15.5 Å². The molecular weight excluding hydrogens is 640 g/mol. The van der Waals surface area contributed by atoms with Crippen LogP contribution in [0.2, 0.25) is 10.0 Å². The van der Waals surface area contributed by atoms with Crippen LogP contribution in [0, 0.1) is 0 Å². The van der Waals surface area contributed by atoms with Gasteiger partial charge in [-0.05, 0) is 53.6 Å². The second-order valence-corrected chi connectivity index (χ2v) is 10.6. The van der Waals surface area contributed by atoms with Gasteiger partial charge in [0.1, 0.15) is 6.61 Å². The van der Waals surface area contributed by atoms with E-state index in [1.54, 1.807) is 17.5 Å². The Balaban J connectivity index is 1.29. The van der Waals surface area contributed by atoms with Crippen molar-refractivity contribution in [2.75, 3.05) is 5.32 Å². The van der Waals surface area contributed by atoms with Crippen molar-refractivity contribution in [2.45, 2.75) is 19.2 Å². The number of nitrogens with zero attached hydrogens (tertiary/aromatic N) is 2. The Hall–Kier alpha value is -3.12. The van der Waals surface area contributed by atoms with Crippen molar-refractivity contribution in [3.63, 3.8) is 0 Å². The molecule has 1 amide bonds. The third-order valence-electron chi connectivity index (χ3n) is 5.05. The van der Waals surface area contributed by atoms with Gasteiger partial charge < -0.3 is 10.1 Å². The lowest BCUT2D eigenvalue weighted by molar-refractivity contribution is -0.137. The first-order valence-corrected chi connectivity index (χ1v) is 13.6. The highest BCUT2D eigenvalue weighted by molar-refractivity contribution is 9.10. The van der Waals surface area contributed by atoms with Gasteiger partial charge in [0.15, 0.2) is 10.9 Å². The highest BCUT2D eigenvalue weighted by Gasteiger charge is 2.30. The van der Waals surface area contributed by atoms with Crippen LogP contribution >= 0.6 is 50.5 Å². The van der Waals surface area contributed by atoms with E-state index in [0.717, 1.165) is 33.5 Å². The zero-order valence-corrected chi connectivity index (χ0v) is 23.6. The molecule has 1 aromatic heterocycles. The van der Waals surface area contributed by atoms with Crippen molar-refractivity contribution in [2.24, 2.45) is 5.10 Å². The van der Waals surface area contributed by atoms with E-state index in [4.69, 9.17) is 27.9 Å². The number of rotatable bonds is 9. The van der Waals surface area contributed by atoms with E-state index >= 15 is 0 Å². The normalized spacial score (nSPS) is 11.5. The van der Waals surface area contributed by atoms with Crippen molar-refractivity contribution in [3.05, 3.63) is 103 Å². The first-order valence-electron chi connectivity index (χ1n) is 11.1. The number of anilines is 2. The lowest BCUT2D eigenvalue weighted by Crippen LogP contribution is -2.19. The molecule has 0 aliphatic carbocycles. The van der Waals surface area contributed by atoms with E-state index < -0.39 is 17.6 Å². The van der Waals surface area contributed by atoms with Crippen molar-refractivity contribution >= 4 is 73.4 Å². The number of hydrogen-bond donors (Lipinski definition) is 2. The summed E-state index contributed by atoms with van der Waals surface area (Å²) < 4.78 is 45.4. The minimum Gasteiger partial charge on any atom is -0.486 e.